The number of fused-ring (bicyclic) bond motifs is 1. The van der Waals surface area contributed by atoms with E-state index in [4.69, 9.17) is 14.5 Å². The van der Waals surface area contributed by atoms with Crippen LogP contribution in [0.1, 0.15) is 226 Å². The lowest BCUT2D eigenvalue weighted by molar-refractivity contribution is -0.149. The number of unbranched alkanes of at least 4 members (excludes halogenated alkanes) is 30. The van der Waals surface area contributed by atoms with Crippen molar-refractivity contribution in [1.29, 1.82) is 0 Å². The van der Waals surface area contributed by atoms with Crippen LogP contribution in [0.5, 0.6) is 0 Å². The Morgan fingerprint density at radius 3 is 1.31 bits per heavy atom. The van der Waals surface area contributed by atoms with Crippen LogP contribution >= 0.6 is 23.1 Å². The summed E-state index contributed by atoms with van der Waals surface area (Å²) < 4.78 is 13.2. The second kappa shape index (κ2) is 35.8. The van der Waals surface area contributed by atoms with Crippen LogP contribution < -0.4 is 0 Å². The number of ether oxygens (including phenoxy) is 2. The maximum absolute atomic E-state index is 13.2. The number of hydrogen-bond acceptors (Lipinski definition) is 7. The smallest absolute Gasteiger partial charge is 0.320 e. The maximum Gasteiger partial charge on any atom is 0.320 e. The fourth-order valence-electron chi connectivity index (χ4n) is 7.16. The van der Waals surface area contributed by atoms with Gasteiger partial charge in [-0.05, 0) is 25.0 Å². The Morgan fingerprint density at radius 1 is 0.537 bits per heavy atom. The van der Waals surface area contributed by atoms with E-state index in [1.807, 2.05) is 24.3 Å². The maximum atomic E-state index is 13.2. The molecule has 1 heterocycles. The molecule has 0 N–H and O–H groups in total. The van der Waals surface area contributed by atoms with Crippen LogP contribution in [0.25, 0.3) is 10.2 Å². The molecule has 2 rings (SSSR count). The lowest BCUT2D eigenvalue weighted by atomic mass is 10.0. The third kappa shape index (κ3) is 27.1. The third-order valence-electron chi connectivity index (χ3n) is 10.6. The summed E-state index contributed by atoms with van der Waals surface area (Å²) in [5.41, 5.74) is 0.913. The van der Waals surface area contributed by atoms with Crippen molar-refractivity contribution in [2.75, 3.05) is 13.2 Å². The Bertz CT molecular complexity index is 1120. The molecule has 0 fully saturated rings. The Kier molecular flexibility index (Phi) is 32.2. The van der Waals surface area contributed by atoms with E-state index in [-0.39, 0.29) is 18.4 Å². The van der Waals surface area contributed by atoms with Gasteiger partial charge in [-0.25, -0.2) is 4.98 Å². The first-order valence-electron chi connectivity index (χ1n) is 23.0. The van der Waals surface area contributed by atoms with Crippen LogP contribution in [0.3, 0.4) is 0 Å². The molecule has 0 aliphatic rings. The van der Waals surface area contributed by atoms with Gasteiger partial charge in [0, 0.05) is 0 Å². The van der Waals surface area contributed by atoms with Crippen LogP contribution in [-0.2, 0) is 19.1 Å². The zero-order chi connectivity index (χ0) is 38.6. The second-order valence-corrected chi connectivity index (χ2v) is 18.2. The summed E-state index contributed by atoms with van der Waals surface area (Å²) in [7, 11) is 0. The van der Waals surface area contributed by atoms with E-state index in [1.54, 1.807) is 11.3 Å². The van der Waals surface area contributed by atoms with Gasteiger partial charge in [-0.15, -0.1) is 11.3 Å². The molecule has 54 heavy (non-hydrogen) atoms. The SMILES string of the molecule is CCCCCCCCCCCCCCCCCCOC(=O)CC(Sc1nc2ccccc2s1)C(=O)OCCCCCCCCCCCCCCCCCC. The molecule has 0 radical (unpaired) electrons. The molecule has 1 atom stereocenters. The van der Waals surface area contributed by atoms with E-state index in [0.29, 0.717) is 13.2 Å². The highest BCUT2D eigenvalue weighted by Crippen LogP contribution is 2.34. The molecule has 310 valence electrons. The highest BCUT2D eigenvalue weighted by atomic mass is 32.2. The van der Waals surface area contributed by atoms with E-state index in [0.717, 1.165) is 40.2 Å². The number of para-hydroxylation sites is 1. The van der Waals surface area contributed by atoms with Crippen molar-refractivity contribution in [3.63, 3.8) is 0 Å². The molecule has 0 aliphatic carbocycles. The minimum Gasteiger partial charge on any atom is -0.466 e. The summed E-state index contributed by atoms with van der Waals surface area (Å²) in [5, 5.41) is -0.648. The molecule has 1 aromatic heterocycles. The molecule has 2 aromatic rings. The number of rotatable bonds is 39. The highest BCUT2D eigenvalue weighted by Gasteiger charge is 2.27. The van der Waals surface area contributed by atoms with Crippen molar-refractivity contribution < 1.29 is 19.1 Å². The van der Waals surface area contributed by atoms with Crippen LogP contribution in [0.2, 0.25) is 0 Å². The van der Waals surface area contributed by atoms with Crippen LogP contribution in [0.4, 0.5) is 0 Å². The first-order chi connectivity index (χ1) is 26.6. The van der Waals surface area contributed by atoms with E-state index in [1.165, 1.54) is 192 Å². The standard InChI is InChI=1S/C47H81NO4S2/c1-3-5-7-9-11-13-15-17-19-21-23-25-27-29-31-35-39-51-45(49)41-44(54-47-48-42-37-33-34-38-43(42)53-47)46(50)52-40-36-32-30-28-26-24-22-20-18-16-14-12-10-8-6-4-2/h33-34,37-38,44H,3-32,35-36,39-41H2,1-2H3. The Balaban J connectivity index is 1.54. The number of benzene rings is 1. The van der Waals surface area contributed by atoms with Gasteiger partial charge < -0.3 is 9.47 Å². The molecular weight excluding hydrogens is 707 g/mol. The minimum atomic E-state index is -0.648. The van der Waals surface area contributed by atoms with Gasteiger partial charge in [0.1, 0.15) is 5.25 Å². The average Bonchev–Trinajstić information content (AvgIpc) is 3.59. The highest BCUT2D eigenvalue weighted by molar-refractivity contribution is 8.02. The van der Waals surface area contributed by atoms with Gasteiger partial charge in [0.15, 0.2) is 4.34 Å². The molecular formula is C47H81NO4S2. The quantitative estimate of drug-likeness (QED) is 0.0382. The molecule has 0 aliphatic heterocycles. The summed E-state index contributed by atoms with van der Waals surface area (Å²) in [4.78, 5) is 30.8. The van der Waals surface area contributed by atoms with Crippen molar-refractivity contribution in [3.05, 3.63) is 24.3 Å². The number of carbonyl (C=O) groups is 2. The number of carbonyl (C=O) groups excluding carboxylic acids is 2. The summed E-state index contributed by atoms with van der Waals surface area (Å²) in [6, 6.07) is 7.98. The molecule has 7 heteroatoms. The fourth-order valence-corrected chi connectivity index (χ4v) is 9.44. The van der Waals surface area contributed by atoms with Gasteiger partial charge in [0.05, 0.1) is 29.9 Å². The van der Waals surface area contributed by atoms with Gasteiger partial charge >= 0.3 is 11.9 Å². The predicted octanol–water partition coefficient (Wildman–Crippen LogP) is 15.8. The molecule has 5 nitrogen and oxygen atoms in total. The lowest BCUT2D eigenvalue weighted by Crippen LogP contribution is -2.25. The number of nitrogens with zero attached hydrogens (tertiary/aromatic N) is 1. The van der Waals surface area contributed by atoms with Crippen LogP contribution in [0, 0.1) is 0 Å². The average molecular weight is 788 g/mol. The van der Waals surface area contributed by atoms with Gasteiger partial charge in [-0.1, -0.05) is 230 Å². The molecule has 0 saturated heterocycles. The van der Waals surface area contributed by atoms with Crippen molar-refractivity contribution in [1.82, 2.24) is 4.98 Å². The number of aromatic nitrogens is 1. The normalized spacial score (nSPS) is 12.0. The van der Waals surface area contributed by atoms with Gasteiger partial charge in [0.25, 0.3) is 0 Å². The van der Waals surface area contributed by atoms with E-state index in [9.17, 15) is 9.59 Å². The van der Waals surface area contributed by atoms with E-state index >= 15 is 0 Å². The van der Waals surface area contributed by atoms with Crippen molar-refractivity contribution in [2.24, 2.45) is 0 Å². The van der Waals surface area contributed by atoms with Gasteiger partial charge in [-0.2, -0.15) is 0 Å². The summed E-state index contributed by atoms with van der Waals surface area (Å²) in [5.74, 6) is -0.659. The number of esters is 2. The predicted molar refractivity (Wildman–Crippen MR) is 235 cm³/mol. The number of thiazole rings is 1. The molecule has 1 unspecified atom stereocenters. The van der Waals surface area contributed by atoms with Crippen LogP contribution in [0.15, 0.2) is 28.6 Å². The fraction of sp³-hybridized carbons (Fsp3) is 0.809. The molecule has 0 bridgehead atoms. The van der Waals surface area contributed by atoms with Crippen molar-refractivity contribution >= 4 is 45.3 Å². The summed E-state index contributed by atoms with van der Waals surface area (Å²) in [6.07, 6.45) is 42.0. The minimum absolute atomic E-state index is 0.0112. The Morgan fingerprint density at radius 2 is 0.907 bits per heavy atom. The van der Waals surface area contributed by atoms with Crippen LogP contribution in [-0.4, -0.2) is 35.4 Å². The van der Waals surface area contributed by atoms with Crippen molar-refractivity contribution in [3.8, 4) is 0 Å². The third-order valence-corrected chi connectivity index (χ3v) is 12.9. The topological polar surface area (TPSA) is 65.5 Å². The van der Waals surface area contributed by atoms with Gasteiger partial charge in [0.2, 0.25) is 0 Å². The second-order valence-electron chi connectivity index (χ2n) is 15.8. The zero-order valence-electron chi connectivity index (χ0n) is 35.0. The Hall–Kier alpha value is -1.60. The molecule has 0 amide bonds. The molecule has 0 saturated carbocycles. The Labute approximate surface area is 340 Å². The zero-order valence-corrected chi connectivity index (χ0v) is 36.7. The van der Waals surface area contributed by atoms with Gasteiger partial charge in [-0.3, -0.25) is 9.59 Å². The lowest BCUT2D eigenvalue weighted by Gasteiger charge is -2.14. The van der Waals surface area contributed by atoms with Crippen molar-refractivity contribution in [2.45, 2.75) is 235 Å². The first-order valence-corrected chi connectivity index (χ1v) is 24.7. The first kappa shape index (κ1) is 48.5. The number of hydrogen-bond donors (Lipinski definition) is 0. The number of thioether (sulfide) groups is 1. The van der Waals surface area contributed by atoms with E-state index < -0.39 is 5.25 Å². The molecule has 1 aromatic carbocycles. The van der Waals surface area contributed by atoms with E-state index in [2.05, 4.69) is 13.8 Å². The largest absolute Gasteiger partial charge is 0.466 e. The molecule has 0 spiro atoms. The monoisotopic (exact) mass is 788 g/mol. The summed E-state index contributed by atoms with van der Waals surface area (Å²) in [6.45, 7) is 5.39. The summed E-state index contributed by atoms with van der Waals surface area (Å²) >= 11 is 2.89.